The number of rotatable bonds is 2. The second-order valence-electron chi connectivity index (χ2n) is 6.17. The Labute approximate surface area is 162 Å². The van der Waals surface area contributed by atoms with Crippen LogP contribution in [0, 0.1) is 0 Å². The standard InChI is InChI=1S/C20H13BrN4O2/c1-27-18-7-10(6-11(21)19(18)26)20-24-16-8-14-15(9-17(16)25-20)23-13-5-3-2-4-12(13)22-14/h2-9,22,26H,1H3. The Morgan fingerprint density at radius 1 is 0.889 bits per heavy atom. The summed E-state index contributed by atoms with van der Waals surface area (Å²) in [7, 11) is 1.51. The first-order valence-corrected chi connectivity index (χ1v) is 9.05. The van der Waals surface area contributed by atoms with E-state index in [1.54, 1.807) is 12.1 Å². The molecule has 5 rings (SSSR count). The summed E-state index contributed by atoms with van der Waals surface area (Å²) < 4.78 is 5.74. The number of aromatic amines is 1. The molecule has 0 saturated carbocycles. The quantitative estimate of drug-likeness (QED) is 0.400. The van der Waals surface area contributed by atoms with Crippen LogP contribution >= 0.6 is 15.9 Å². The van der Waals surface area contributed by atoms with Crippen molar-refractivity contribution in [2.24, 2.45) is 0 Å². The predicted molar refractivity (Wildman–Crippen MR) is 108 cm³/mol. The lowest BCUT2D eigenvalue weighted by molar-refractivity contribution is 0.372. The summed E-state index contributed by atoms with van der Waals surface area (Å²) in [5.74, 6) is 0.970. The van der Waals surface area contributed by atoms with Crippen molar-refractivity contribution in [1.82, 2.24) is 19.9 Å². The molecule has 0 spiro atoms. The highest BCUT2D eigenvalue weighted by Crippen LogP contribution is 2.38. The number of benzene rings is 3. The number of hydrogen-bond donors (Lipinski definition) is 2. The molecule has 2 N–H and O–H groups in total. The molecule has 2 aromatic heterocycles. The number of hydrogen-bond acceptors (Lipinski definition) is 5. The molecule has 0 aliphatic rings. The van der Waals surface area contributed by atoms with E-state index < -0.39 is 0 Å². The number of fused-ring (bicyclic) bond motifs is 3. The van der Waals surface area contributed by atoms with Crippen LogP contribution in [-0.2, 0) is 0 Å². The van der Waals surface area contributed by atoms with Gasteiger partial charge in [0.05, 0.1) is 44.7 Å². The number of aromatic hydroxyl groups is 1. The third kappa shape index (κ3) is 2.59. The van der Waals surface area contributed by atoms with Crippen LogP contribution < -0.4 is 4.74 Å². The van der Waals surface area contributed by atoms with Gasteiger partial charge >= 0.3 is 0 Å². The van der Waals surface area contributed by atoms with Crippen molar-refractivity contribution >= 4 is 49.0 Å². The van der Waals surface area contributed by atoms with Gasteiger partial charge in [-0.15, -0.1) is 0 Å². The minimum atomic E-state index is 0.0496. The second kappa shape index (κ2) is 5.92. The van der Waals surface area contributed by atoms with E-state index in [-0.39, 0.29) is 5.75 Å². The minimum absolute atomic E-state index is 0.0496. The van der Waals surface area contributed by atoms with Gasteiger partial charge in [-0.3, -0.25) is 0 Å². The van der Waals surface area contributed by atoms with E-state index in [0.29, 0.717) is 16.0 Å². The Kier molecular flexibility index (Phi) is 3.51. The third-order valence-electron chi connectivity index (χ3n) is 4.47. The van der Waals surface area contributed by atoms with E-state index in [4.69, 9.17) is 9.72 Å². The first kappa shape index (κ1) is 16.0. The molecule has 0 aliphatic heterocycles. The molecule has 2 heterocycles. The van der Waals surface area contributed by atoms with Crippen LogP contribution in [0.5, 0.6) is 11.5 Å². The van der Waals surface area contributed by atoms with E-state index in [9.17, 15) is 5.11 Å². The van der Waals surface area contributed by atoms with E-state index in [2.05, 4.69) is 30.9 Å². The lowest BCUT2D eigenvalue weighted by atomic mass is 10.2. The van der Waals surface area contributed by atoms with Crippen molar-refractivity contribution in [1.29, 1.82) is 0 Å². The van der Waals surface area contributed by atoms with Crippen molar-refractivity contribution < 1.29 is 9.84 Å². The number of phenols is 1. The Morgan fingerprint density at radius 3 is 2.48 bits per heavy atom. The number of nitrogens with one attached hydrogen (secondary N) is 1. The van der Waals surface area contributed by atoms with Gasteiger partial charge in [-0.1, -0.05) is 12.1 Å². The summed E-state index contributed by atoms with van der Waals surface area (Å²) in [6.07, 6.45) is 0. The molecule has 7 heteroatoms. The van der Waals surface area contributed by atoms with E-state index >= 15 is 0 Å². The van der Waals surface area contributed by atoms with E-state index in [1.165, 1.54) is 7.11 Å². The van der Waals surface area contributed by atoms with E-state index in [1.807, 2.05) is 36.4 Å². The summed E-state index contributed by atoms with van der Waals surface area (Å²) in [5, 5.41) is 10.0. The minimum Gasteiger partial charge on any atom is -0.503 e. The summed E-state index contributed by atoms with van der Waals surface area (Å²) >= 11 is 3.34. The molecule has 27 heavy (non-hydrogen) atoms. The number of para-hydroxylation sites is 2. The zero-order chi connectivity index (χ0) is 18.5. The predicted octanol–water partition coefficient (Wildman–Crippen LogP) is 4.80. The highest BCUT2D eigenvalue weighted by atomic mass is 79.9. The van der Waals surface area contributed by atoms with Crippen LogP contribution in [0.25, 0.3) is 44.5 Å². The van der Waals surface area contributed by atoms with Gasteiger partial charge < -0.3 is 14.8 Å². The lowest BCUT2D eigenvalue weighted by Crippen LogP contribution is -1.87. The fraction of sp³-hybridized carbons (Fsp3) is 0.0500. The topological polar surface area (TPSA) is 83.9 Å². The fourth-order valence-corrected chi connectivity index (χ4v) is 3.57. The maximum Gasteiger partial charge on any atom is 0.172 e. The van der Waals surface area contributed by atoms with Crippen molar-refractivity contribution in [3.8, 4) is 22.9 Å². The van der Waals surface area contributed by atoms with Crippen LogP contribution in [0.15, 0.2) is 53.0 Å². The molecular formula is C20H13BrN4O2. The number of aromatic nitrogens is 4. The normalized spacial score (nSPS) is 11.5. The zero-order valence-corrected chi connectivity index (χ0v) is 15.8. The highest BCUT2D eigenvalue weighted by molar-refractivity contribution is 9.10. The first-order chi connectivity index (χ1) is 13.1. The Hall–Kier alpha value is -3.19. The fourth-order valence-electron chi connectivity index (χ4n) is 3.13. The monoisotopic (exact) mass is 420 g/mol. The van der Waals surface area contributed by atoms with Gasteiger partial charge in [0.2, 0.25) is 0 Å². The van der Waals surface area contributed by atoms with Gasteiger partial charge in [0.15, 0.2) is 17.3 Å². The molecule has 6 nitrogen and oxygen atoms in total. The molecule has 0 radical (unpaired) electrons. The van der Waals surface area contributed by atoms with Gasteiger partial charge in [-0.2, -0.15) is 0 Å². The van der Waals surface area contributed by atoms with E-state index in [0.717, 1.165) is 38.7 Å². The number of ether oxygens (including phenoxy) is 1. The van der Waals surface area contributed by atoms with Crippen LogP contribution in [0.3, 0.4) is 0 Å². The SMILES string of the molecule is COc1cc(-c2nc3cc4nc5ccccc5[nH]c4cc3n2)cc(Br)c1O. The van der Waals surface area contributed by atoms with Gasteiger partial charge in [-0.25, -0.2) is 15.0 Å². The Balaban J connectivity index is 1.72. The first-order valence-electron chi connectivity index (χ1n) is 8.25. The van der Waals surface area contributed by atoms with Crippen molar-refractivity contribution in [3.05, 3.63) is 53.0 Å². The maximum absolute atomic E-state index is 10.0. The smallest absolute Gasteiger partial charge is 0.172 e. The number of halogens is 1. The van der Waals surface area contributed by atoms with Crippen LogP contribution in [0.2, 0.25) is 0 Å². The van der Waals surface area contributed by atoms with Gasteiger partial charge in [-0.05, 0) is 52.3 Å². The number of phenolic OH excluding ortho intramolecular Hbond substituents is 1. The van der Waals surface area contributed by atoms with Gasteiger partial charge in [0, 0.05) is 5.56 Å². The zero-order valence-electron chi connectivity index (χ0n) is 14.2. The lowest BCUT2D eigenvalue weighted by Gasteiger charge is -2.06. The molecule has 0 unspecified atom stereocenters. The second-order valence-corrected chi connectivity index (χ2v) is 7.02. The number of H-pyrrole nitrogens is 1. The summed E-state index contributed by atoms with van der Waals surface area (Å²) in [6.45, 7) is 0. The van der Waals surface area contributed by atoms with Crippen LogP contribution in [0.4, 0.5) is 0 Å². The van der Waals surface area contributed by atoms with Crippen LogP contribution in [0.1, 0.15) is 0 Å². The maximum atomic E-state index is 10.0. The molecule has 0 fully saturated rings. The highest BCUT2D eigenvalue weighted by Gasteiger charge is 2.14. The third-order valence-corrected chi connectivity index (χ3v) is 5.07. The summed E-state index contributed by atoms with van der Waals surface area (Å²) in [5.41, 5.74) is 5.88. The number of methoxy groups -OCH3 is 1. The number of nitrogens with zero attached hydrogens (tertiary/aromatic N) is 3. The molecule has 132 valence electrons. The summed E-state index contributed by atoms with van der Waals surface area (Å²) in [4.78, 5) is 17.4. The summed E-state index contributed by atoms with van der Waals surface area (Å²) in [6, 6.07) is 15.3. The van der Waals surface area contributed by atoms with Crippen molar-refractivity contribution in [2.45, 2.75) is 0 Å². The molecule has 3 aromatic carbocycles. The molecule has 5 aromatic rings. The molecular weight excluding hydrogens is 408 g/mol. The average molecular weight is 421 g/mol. The van der Waals surface area contributed by atoms with Crippen LogP contribution in [-0.4, -0.2) is 32.2 Å². The average Bonchev–Trinajstić information content (AvgIpc) is 3.09. The van der Waals surface area contributed by atoms with Crippen molar-refractivity contribution in [2.75, 3.05) is 7.11 Å². The Bertz CT molecular complexity index is 1270. The van der Waals surface area contributed by atoms with Gasteiger partial charge in [0.25, 0.3) is 0 Å². The van der Waals surface area contributed by atoms with Crippen molar-refractivity contribution in [3.63, 3.8) is 0 Å². The molecule has 0 aliphatic carbocycles. The number of imidazole rings is 1. The van der Waals surface area contributed by atoms with Gasteiger partial charge in [0.1, 0.15) is 0 Å². The Morgan fingerprint density at radius 2 is 1.67 bits per heavy atom. The largest absolute Gasteiger partial charge is 0.503 e. The molecule has 0 atom stereocenters. The molecule has 0 bridgehead atoms. The molecule has 0 saturated heterocycles. The molecule has 0 amide bonds.